The molecule has 37 heavy (non-hydrogen) atoms. The fourth-order valence-corrected chi connectivity index (χ4v) is 4.44. The van der Waals surface area contributed by atoms with E-state index in [1.54, 1.807) is 35.2 Å². The summed E-state index contributed by atoms with van der Waals surface area (Å²) in [4.78, 5) is 43.9. The SMILES string of the molecule is CN(C)Cc1cccc(C(=O)OCC(=O)N2CCN(c3ccc(N4CC(CN)OC4=O)cc3F)CC2)c1. The molecule has 0 spiro atoms. The summed E-state index contributed by atoms with van der Waals surface area (Å²) in [5.41, 5.74) is 7.73. The second-order valence-corrected chi connectivity index (χ2v) is 9.37. The molecule has 0 aliphatic carbocycles. The highest BCUT2D eigenvalue weighted by Crippen LogP contribution is 2.28. The molecule has 2 heterocycles. The Bertz CT molecular complexity index is 1150. The van der Waals surface area contributed by atoms with Crippen LogP contribution in [0.15, 0.2) is 42.5 Å². The first-order valence-corrected chi connectivity index (χ1v) is 12.2. The first kappa shape index (κ1) is 26.4. The zero-order valence-electron chi connectivity index (χ0n) is 21.1. The van der Waals surface area contributed by atoms with Gasteiger partial charge in [-0.05, 0) is 50.0 Å². The Morgan fingerprint density at radius 3 is 2.54 bits per heavy atom. The normalized spacial score (nSPS) is 17.8. The molecule has 2 N–H and O–H groups in total. The van der Waals surface area contributed by atoms with E-state index in [1.165, 1.54) is 11.0 Å². The molecule has 2 saturated heterocycles. The van der Waals surface area contributed by atoms with E-state index in [9.17, 15) is 18.8 Å². The van der Waals surface area contributed by atoms with E-state index in [-0.39, 0.29) is 25.6 Å². The highest BCUT2D eigenvalue weighted by Gasteiger charge is 2.32. The number of carbonyl (C=O) groups excluding carboxylic acids is 3. The quantitative estimate of drug-likeness (QED) is 0.531. The molecule has 0 radical (unpaired) electrons. The van der Waals surface area contributed by atoms with Crippen molar-refractivity contribution in [1.29, 1.82) is 0 Å². The van der Waals surface area contributed by atoms with Gasteiger partial charge in [-0.3, -0.25) is 9.69 Å². The van der Waals surface area contributed by atoms with Crippen molar-refractivity contribution in [1.82, 2.24) is 9.80 Å². The fraction of sp³-hybridized carbons (Fsp3) is 0.423. The Morgan fingerprint density at radius 1 is 1.14 bits per heavy atom. The summed E-state index contributed by atoms with van der Waals surface area (Å²) >= 11 is 0. The van der Waals surface area contributed by atoms with E-state index in [0.717, 1.165) is 5.56 Å². The Labute approximate surface area is 215 Å². The Balaban J connectivity index is 1.28. The van der Waals surface area contributed by atoms with Crippen LogP contribution in [0.25, 0.3) is 0 Å². The van der Waals surface area contributed by atoms with Gasteiger partial charge in [-0.15, -0.1) is 0 Å². The van der Waals surface area contributed by atoms with Crippen LogP contribution in [0.3, 0.4) is 0 Å². The number of hydrogen-bond donors (Lipinski definition) is 1. The minimum Gasteiger partial charge on any atom is -0.452 e. The molecular weight excluding hydrogens is 481 g/mol. The summed E-state index contributed by atoms with van der Waals surface area (Å²) in [5, 5.41) is 0. The summed E-state index contributed by atoms with van der Waals surface area (Å²) in [7, 11) is 3.88. The molecule has 2 amide bonds. The molecule has 0 bridgehead atoms. The monoisotopic (exact) mass is 513 g/mol. The molecule has 2 aliphatic heterocycles. The number of hydrogen-bond acceptors (Lipinski definition) is 8. The summed E-state index contributed by atoms with van der Waals surface area (Å²) in [6.45, 7) is 2.39. The van der Waals surface area contributed by atoms with E-state index < -0.39 is 24.0 Å². The van der Waals surface area contributed by atoms with Gasteiger partial charge in [-0.2, -0.15) is 0 Å². The van der Waals surface area contributed by atoms with Crippen LogP contribution in [0.1, 0.15) is 15.9 Å². The van der Waals surface area contributed by atoms with Crippen LogP contribution in [0.5, 0.6) is 0 Å². The number of nitrogens with zero attached hydrogens (tertiary/aromatic N) is 4. The second-order valence-electron chi connectivity index (χ2n) is 9.37. The van der Waals surface area contributed by atoms with Crippen molar-refractivity contribution in [2.24, 2.45) is 5.73 Å². The minimum atomic E-state index is -0.547. The third kappa shape index (κ3) is 6.36. The van der Waals surface area contributed by atoms with Gasteiger partial charge in [0.05, 0.1) is 23.5 Å². The Hall–Kier alpha value is -3.70. The number of amides is 2. The van der Waals surface area contributed by atoms with Gasteiger partial charge in [-0.1, -0.05) is 12.1 Å². The van der Waals surface area contributed by atoms with Crippen LogP contribution in [0, 0.1) is 5.82 Å². The van der Waals surface area contributed by atoms with Crippen LogP contribution >= 0.6 is 0 Å². The lowest BCUT2D eigenvalue weighted by Crippen LogP contribution is -2.50. The molecule has 1 atom stereocenters. The van der Waals surface area contributed by atoms with Gasteiger partial charge in [0.25, 0.3) is 5.91 Å². The lowest BCUT2D eigenvalue weighted by Gasteiger charge is -2.36. The highest BCUT2D eigenvalue weighted by atomic mass is 19.1. The zero-order valence-corrected chi connectivity index (χ0v) is 21.1. The van der Waals surface area contributed by atoms with E-state index in [1.807, 2.05) is 30.0 Å². The van der Waals surface area contributed by atoms with Crippen molar-refractivity contribution in [3.8, 4) is 0 Å². The molecule has 2 aromatic carbocycles. The lowest BCUT2D eigenvalue weighted by atomic mass is 10.1. The first-order chi connectivity index (χ1) is 17.7. The van der Waals surface area contributed by atoms with Gasteiger partial charge in [0.1, 0.15) is 11.9 Å². The number of anilines is 2. The van der Waals surface area contributed by atoms with Gasteiger partial charge in [-0.25, -0.2) is 14.0 Å². The Kier molecular flexibility index (Phi) is 8.24. The molecule has 2 aliphatic rings. The number of piperazine rings is 1. The molecule has 2 aromatic rings. The van der Waals surface area contributed by atoms with Gasteiger partial charge in [0, 0.05) is 39.3 Å². The molecule has 2 fully saturated rings. The van der Waals surface area contributed by atoms with Crippen LogP contribution in [0.2, 0.25) is 0 Å². The third-order valence-corrected chi connectivity index (χ3v) is 6.34. The summed E-state index contributed by atoms with van der Waals surface area (Å²) < 4.78 is 25.3. The van der Waals surface area contributed by atoms with Crippen molar-refractivity contribution in [3.05, 3.63) is 59.4 Å². The van der Waals surface area contributed by atoms with Crippen molar-refractivity contribution in [2.75, 3.05) is 69.8 Å². The molecule has 10 nitrogen and oxygen atoms in total. The van der Waals surface area contributed by atoms with E-state index in [0.29, 0.717) is 49.7 Å². The van der Waals surface area contributed by atoms with Crippen LogP contribution < -0.4 is 15.5 Å². The molecule has 0 aromatic heterocycles. The number of benzene rings is 2. The minimum absolute atomic E-state index is 0.203. The van der Waals surface area contributed by atoms with Crippen LogP contribution in [-0.2, 0) is 20.8 Å². The van der Waals surface area contributed by atoms with E-state index >= 15 is 0 Å². The molecule has 0 saturated carbocycles. The van der Waals surface area contributed by atoms with E-state index in [2.05, 4.69) is 0 Å². The number of nitrogens with two attached hydrogens (primary N) is 1. The van der Waals surface area contributed by atoms with Crippen molar-refractivity contribution < 1.29 is 28.2 Å². The molecule has 11 heteroatoms. The third-order valence-electron chi connectivity index (χ3n) is 6.34. The van der Waals surface area contributed by atoms with Crippen LogP contribution in [-0.4, -0.2) is 93.8 Å². The molecule has 4 rings (SSSR count). The number of esters is 1. The average Bonchev–Trinajstić information content (AvgIpc) is 3.27. The molecular formula is C26H32FN5O5. The number of rotatable bonds is 8. The fourth-order valence-electron chi connectivity index (χ4n) is 4.44. The molecule has 1 unspecified atom stereocenters. The highest BCUT2D eigenvalue weighted by molar-refractivity contribution is 5.91. The van der Waals surface area contributed by atoms with Crippen molar-refractivity contribution >= 4 is 29.3 Å². The summed E-state index contributed by atoms with van der Waals surface area (Å²) in [6.07, 6.45) is -0.954. The molecule has 198 valence electrons. The maximum absolute atomic E-state index is 14.9. The topological polar surface area (TPSA) is 109 Å². The number of ether oxygens (including phenoxy) is 2. The zero-order chi connectivity index (χ0) is 26.5. The smallest absolute Gasteiger partial charge is 0.414 e. The maximum atomic E-state index is 14.9. The lowest BCUT2D eigenvalue weighted by molar-refractivity contribution is -0.134. The first-order valence-electron chi connectivity index (χ1n) is 12.2. The summed E-state index contributed by atoms with van der Waals surface area (Å²) in [5.74, 6) is -1.31. The maximum Gasteiger partial charge on any atom is 0.414 e. The standard InChI is InChI=1S/C26H32FN5O5/c1-29(2)15-18-4-3-5-19(12-18)25(34)36-17-24(33)31-10-8-30(9-11-31)23-7-6-20(13-22(23)27)32-16-21(14-28)37-26(32)35/h3-7,12-13,21H,8-11,14-17,28H2,1-2H3. The van der Waals surface area contributed by atoms with Gasteiger partial charge < -0.3 is 29.9 Å². The van der Waals surface area contributed by atoms with Gasteiger partial charge in [0.2, 0.25) is 0 Å². The largest absolute Gasteiger partial charge is 0.452 e. The van der Waals surface area contributed by atoms with Crippen molar-refractivity contribution in [2.45, 2.75) is 12.6 Å². The number of halogens is 1. The predicted octanol–water partition coefficient (Wildman–Crippen LogP) is 1.68. The van der Waals surface area contributed by atoms with Crippen LogP contribution in [0.4, 0.5) is 20.6 Å². The average molecular weight is 514 g/mol. The Morgan fingerprint density at radius 2 is 1.89 bits per heavy atom. The second kappa shape index (κ2) is 11.6. The summed E-state index contributed by atoms with van der Waals surface area (Å²) in [6, 6.07) is 11.7. The predicted molar refractivity (Wildman–Crippen MR) is 136 cm³/mol. The van der Waals surface area contributed by atoms with Crippen molar-refractivity contribution in [3.63, 3.8) is 0 Å². The van der Waals surface area contributed by atoms with Gasteiger partial charge >= 0.3 is 12.1 Å². The number of cyclic esters (lactones) is 1. The number of carbonyl (C=O) groups is 3. The van der Waals surface area contributed by atoms with E-state index in [4.69, 9.17) is 15.2 Å². The van der Waals surface area contributed by atoms with Gasteiger partial charge in [0.15, 0.2) is 6.61 Å².